The summed E-state index contributed by atoms with van der Waals surface area (Å²) in [6.45, 7) is 4.47. The van der Waals surface area contributed by atoms with Crippen LogP contribution in [0.15, 0.2) is 58.6 Å². The number of rotatable bonds is 16. The Balaban J connectivity index is 1.11. The van der Waals surface area contributed by atoms with Gasteiger partial charge in [-0.2, -0.15) is 0 Å². The Bertz CT molecular complexity index is 1670. The first-order valence-electron chi connectivity index (χ1n) is 16.2. The zero-order valence-corrected chi connectivity index (χ0v) is 28.0. The highest BCUT2D eigenvalue weighted by atomic mass is 32.2. The lowest BCUT2D eigenvalue weighted by Crippen LogP contribution is -2.30. The van der Waals surface area contributed by atoms with Crippen LogP contribution in [0, 0.1) is 0 Å². The van der Waals surface area contributed by atoms with Gasteiger partial charge in [0.1, 0.15) is 23.1 Å². The Morgan fingerprint density at radius 2 is 1.49 bits per heavy atom. The van der Waals surface area contributed by atoms with Crippen LogP contribution < -0.4 is 10.1 Å². The molecule has 250 valence electrons. The minimum atomic E-state index is -0.626. The van der Waals surface area contributed by atoms with Crippen LogP contribution in [0.25, 0.3) is 22.5 Å². The number of aromatic amines is 2. The van der Waals surface area contributed by atoms with Crippen molar-refractivity contribution in [1.29, 1.82) is 0 Å². The first kappa shape index (κ1) is 34.2. The molecule has 47 heavy (non-hydrogen) atoms. The molecule has 0 aliphatic carbocycles. The van der Waals surface area contributed by atoms with Crippen molar-refractivity contribution in [3.63, 3.8) is 0 Å². The molecular weight excluding hydrogens is 616 g/mol. The first-order chi connectivity index (χ1) is 22.6. The third-order valence-corrected chi connectivity index (χ3v) is 9.00. The number of carbonyl (C=O) groups excluding carboxylic acids is 2. The molecule has 2 atom stereocenters. The molecule has 2 unspecified atom stereocenters. The number of imidazole rings is 2. The van der Waals surface area contributed by atoms with Crippen LogP contribution in [0.5, 0.6) is 11.5 Å². The topological polar surface area (TPSA) is 156 Å². The summed E-state index contributed by atoms with van der Waals surface area (Å²) in [7, 11) is 1.78. The Morgan fingerprint density at radius 3 is 2.17 bits per heavy atom. The summed E-state index contributed by atoms with van der Waals surface area (Å²) in [5.74, 6) is 3.26. The summed E-state index contributed by atoms with van der Waals surface area (Å²) in [5, 5.41) is 21.5. The molecule has 0 spiro atoms. The molecule has 5 rings (SSSR count). The SMILES string of the molecule is CC(O)CC(=O)NCCCCc1ncc(-c2ccc3c(c2)Sc2ccc(-c4cnc(CCCCN(C)C(=O)CC(C)O)[nH]4)cc2O3)[nH]1. The summed E-state index contributed by atoms with van der Waals surface area (Å²) in [5.41, 5.74) is 3.91. The maximum atomic E-state index is 12.0. The number of nitrogens with one attached hydrogen (secondary N) is 3. The molecule has 0 radical (unpaired) electrons. The van der Waals surface area contributed by atoms with Crippen molar-refractivity contribution in [2.75, 3.05) is 20.1 Å². The lowest BCUT2D eigenvalue weighted by Gasteiger charge is -2.20. The van der Waals surface area contributed by atoms with Gasteiger partial charge in [0.2, 0.25) is 11.8 Å². The van der Waals surface area contributed by atoms with Gasteiger partial charge in [-0.3, -0.25) is 9.59 Å². The van der Waals surface area contributed by atoms with Gasteiger partial charge in [0, 0.05) is 44.1 Å². The van der Waals surface area contributed by atoms with E-state index in [0.717, 1.165) is 94.0 Å². The van der Waals surface area contributed by atoms with E-state index in [-0.39, 0.29) is 24.7 Å². The normalized spacial score (nSPS) is 13.3. The predicted molar refractivity (Wildman–Crippen MR) is 181 cm³/mol. The van der Waals surface area contributed by atoms with Crippen molar-refractivity contribution in [1.82, 2.24) is 30.2 Å². The number of unbranched alkanes of at least 4 members (excludes halogenated alkanes) is 2. The number of hydrogen-bond donors (Lipinski definition) is 5. The Morgan fingerprint density at radius 1 is 0.851 bits per heavy atom. The molecule has 2 amide bonds. The van der Waals surface area contributed by atoms with E-state index in [1.54, 1.807) is 37.6 Å². The van der Waals surface area contributed by atoms with Crippen LogP contribution in [-0.2, 0) is 22.4 Å². The van der Waals surface area contributed by atoms with E-state index in [1.165, 1.54) is 0 Å². The Hall–Kier alpha value is -4.13. The van der Waals surface area contributed by atoms with E-state index in [1.807, 2.05) is 30.6 Å². The van der Waals surface area contributed by atoms with E-state index in [9.17, 15) is 19.8 Å². The highest BCUT2D eigenvalue weighted by molar-refractivity contribution is 7.99. The molecule has 3 heterocycles. The van der Waals surface area contributed by atoms with Crippen molar-refractivity contribution in [2.45, 2.75) is 87.2 Å². The summed E-state index contributed by atoms with van der Waals surface area (Å²) in [6, 6.07) is 12.3. The van der Waals surface area contributed by atoms with Crippen LogP contribution >= 0.6 is 11.8 Å². The van der Waals surface area contributed by atoms with Gasteiger partial charge in [-0.15, -0.1) is 0 Å². The average Bonchev–Trinajstić information content (AvgIpc) is 3.71. The van der Waals surface area contributed by atoms with E-state index in [2.05, 4.69) is 43.5 Å². The van der Waals surface area contributed by atoms with Crippen molar-refractivity contribution < 1.29 is 24.5 Å². The monoisotopic (exact) mass is 660 g/mol. The third kappa shape index (κ3) is 9.69. The number of aromatic nitrogens is 4. The predicted octanol–water partition coefficient (Wildman–Crippen LogP) is 5.49. The van der Waals surface area contributed by atoms with Crippen LogP contribution in [-0.4, -0.2) is 79.2 Å². The summed E-state index contributed by atoms with van der Waals surface area (Å²) in [6.07, 6.45) is 7.80. The van der Waals surface area contributed by atoms with Crippen molar-refractivity contribution >= 4 is 23.6 Å². The number of amides is 2. The number of H-pyrrole nitrogens is 2. The van der Waals surface area contributed by atoms with Crippen LogP contribution in [0.2, 0.25) is 0 Å². The second kappa shape index (κ2) is 16.1. The maximum absolute atomic E-state index is 12.0. The highest BCUT2D eigenvalue weighted by Gasteiger charge is 2.20. The van der Waals surface area contributed by atoms with Crippen LogP contribution in [0.3, 0.4) is 0 Å². The Kier molecular flexibility index (Phi) is 11.7. The molecule has 5 N–H and O–H groups in total. The van der Waals surface area contributed by atoms with Gasteiger partial charge in [0.05, 0.1) is 58.6 Å². The number of ether oxygens (including phenoxy) is 1. The Labute approximate surface area is 279 Å². The first-order valence-corrected chi connectivity index (χ1v) is 17.1. The van der Waals surface area contributed by atoms with Crippen molar-refractivity contribution in [3.8, 4) is 34.0 Å². The lowest BCUT2D eigenvalue weighted by atomic mass is 10.1. The van der Waals surface area contributed by atoms with Crippen molar-refractivity contribution in [3.05, 3.63) is 60.4 Å². The van der Waals surface area contributed by atoms with Gasteiger partial charge in [-0.05, 0) is 69.9 Å². The van der Waals surface area contributed by atoms with E-state index < -0.39 is 12.2 Å². The number of benzene rings is 2. The number of aliphatic hydroxyl groups is 2. The smallest absolute Gasteiger partial charge is 0.224 e. The van der Waals surface area contributed by atoms with E-state index in [4.69, 9.17) is 4.74 Å². The zero-order valence-electron chi connectivity index (χ0n) is 27.2. The standard InChI is InChI=1S/C35H44N6O5S/c1-22(42)16-34(44)36-14-6-4-8-32-38-21-27(40-32)25-10-12-28-31(19-25)47-30-13-11-24(18-29(30)46-28)26-20-37-33(39-26)9-5-7-15-41(3)35(45)17-23(2)43/h10-13,18-23,42-43H,4-9,14-17H2,1-3H3,(H,36,44)(H,37,39)(H,38,40). The van der Waals surface area contributed by atoms with Gasteiger partial charge < -0.3 is 35.1 Å². The quantitative estimate of drug-likeness (QED) is 0.0871. The lowest BCUT2D eigenvalue weighted by molar-refractivity contribution is -0.131. The van der Waals surface area contributed by atoms with Crippen molar-refractivity contribution in [2.24, 2.45) is 0 Å². The molecule has 2 aromatic carbocycles. The molecular formula is C35H44N6O5S. The number of aryl methyl sites for hydroxylation is 2. The second-order valence-electron chi connectivity index (χ2n) is 12.2. The fourth-order valence-corrected chi connectivity index (χ4v) is 6.32. The highest BCUT2D eigenvalue weighted by Crippen LogP contribution is 2.49. The molecule has 12 heteroatoms. The minimum Gasteiger partial charge on any atom is -0.455 e. The van der Waals surface area contributed by atoms with Gasteiger partial charge in [0.25, 0.3) is 0 Å². The number of nitrogens with zero attached hydrogens (tertiary/aromatic N) is 3. The zero-order chi connectivity index (χ0) is 33.3. The number of hydrogen-bond acceptors (Lipinski definition) is 8. The fraction of sp³-hybridized carbons (Fsp3) is 0.429. The molecule has 0 fully saturated rings. The van der Waals surface area contributed by atoms with Gasteiger partial charge in [0.15, 0.2) is 0 Å². The van der Waals surface area contributed by atoms with Gasteiger partial charge in [-0.1, -0.05) is 17.8 Å². The van der Waals surface area contributed by atoms with Crippen LogP contribution in [0.1, 0.15) is 64.0 Å². The molecule has 0 saturated carbocycles. The maximum Gasteiger partial charge on any atom is 0.224 e. The number of fused-ring (bicyclic) bond motifs is 2. The summed E-state index contributed by atoms with van der Waals surface area (Å²) < 4.78 is 6.33. The molecule has 2 aromatic heterocycles. The fourth-order valence-electron chi connectivity index (χ4n) is 5.35. The molecule has 0 bridgehead atoms. The minimum absolute atomic E-state index is 0.0401. The number of carbonyl (C=O) groups is 2. The molecule has 1 aliphatic rings. The van der Waals surface area contributed by atoms with Gasteiger partial charge >= 0.3 is 0 Å². The van der Waals surface area contributed by atoms with Gasteiger partial charge in [-0.25, -0.2) is 9.97 Å². The molecule has 1 aliphatic heterocycles. The van der Waals surface area contributed by atoms with E-state index in [0.29, 0.717) is 13.1 Å². The second-order valence-corrected chi connectivity index (χ2v) is 13.3. The summed E-state index contributed by atoms with van der Waals surface area (Å²) >= 11 is 1.68. The average molecular weight is 661 g/mol. The largest absolute Gasteiger partial charge is 0.455 e. The summed E-state index contributed by atoms with van der Waals surface area (Å²) in [4.78, 5) is 43.4. The molecule has 0 saturated heterocycles. The molecule has 11 nitrogen and oxygen atoms in total. The van der Waals surface area contributed by atoms with E-state index >= 15 is 0 Å². The third-order valence-electron chi connectivity index (χ3n) is 7.90. The number of aliphatic hydroxyl groups excluding tert-OH is 2. The molecule has 4 aromatic rings. The van der Waals surface area contributed by atoms with Crippen LogP contribution in [0.4, 0.5) is 0 Å².